The molecule has 0 bridgehead atoms. The molecule has 0 aliphatic rings. The molecule has 1 rings (SSSR count). The first-order chi connectivity index (χ1) is 7.93. The van der Waals surface area contributed by atoms with E-state index in [0.29, 0.717) is 6.54 Å². The highest BCUT2D eigenvalue weighted by molar-refractivity contribution is 9.10. The predicted molar refractivity (Wildman–Crippen MR) is 74.5 cm³/mol. The molecule has 0 saturated heterocycles. The molecule has 96 valence electrons. The normalized spacial score (nSPS) is 13.0. The molecule has 0 saturated carbocycles. The Bertz CT molecular complexity index is 372. The summed E-state index contributed by atoms with van der Waals surface area (Å²) in [5.74, 6) is -1.05. The zero-order chi connectivity index (χ0) is 13.0. The van der Waals surface area contributed by atoms with E-state index in [4.69, 9.17) is 5.11 Å². The number of carbonyl (C=O) groups is 1. The molecule has 3 nitrogen and oxygen atoms in total. The summed E-state index contributed by atoms with van der Waals surface area (Å²) >= 11 is 5.26. The van der Waals surface area contributed by atoms with Crippen LogP contribution in [0.5, 0.6) is 0 Å². The Labute approximate surface area is 115 Å². The second kappa shape index (κ2) is 6.52. The zero-order valence-electron chi connectivity index (χ0n) is 10.4. The van der Waals surface area contributed by atoms with Gasteiger partial charge in [-0.2, -0.15) is 0 Å². The van der Waals surface area contributed by atoms with Crippen LogP contribution >= 0.6 is 27.3 Å². The van der Waals surface area contributed by atoms with Crippen molar-refractivity contribution in [3.63, 3.8) is 0 Å². The van der Waals surface area contributed by atoms with Gasteiger partial charge < -0.3 is 5.11 Å². The van der Waals surface area contributed by atoms with Gasteiger partial charge in [-0.05, 0) is 35.5 Å². The number of carboxylic acids is 1. The van der Waals surface area contributed by atoms with Gasteiger partial charge in [0.2, 0.25) is 0 Å². The predicted octanol–water partition coefficient (Wildman–Crippen LogP) is 3.36. The van der Waals surface area contributed by atoms with Gasteiger partial charge >= 0.3 is 5.97 Å². The van der Waals surface area contributed by atoms with Crippen LogP contribution in [0.25, 0.3) is 0 Å². The molecular weight excluding hydrogens is 302 g/mol. The maximum atomic E-state index is 10.8. The highest BCUT2D eigenvalue weighted by Gasteiger charge is 2.16. The number of carboxylic acid groups (broad SMARTS) is 1. The van der Waals surface area contributed by atoms with Crippen LogP contribution in [0.3, 0.4) is 0 Å². The third-order valence-corrected chi connectivity index (χ3v) is 4.81. The Kier molecular flexibility index (Phi) is 5.62. The molecule has 0 aliphatic carbocycles. The molecule has 1 N–H and O–H groups in total. The van der Waals surface area contributed by atoms with Crippen molar-refractivity contribution in [1.29, 1.82) is 0 Å². The van der Waals surface area contributed by atoms with Gasteiger partial charge in [-0.1, -0.05) is 13.8 Å². The van der Waals surface area contributed by atoms with Gasteiger partial charge in [0.15, 0.2) is 0 Å². The molecule has 1 unspecified atom stereocenters. The van der Waals surface area contributed by atoms with Crippen molar-refractivity contribution >= 4 is 33.2 Å². The van der Waals surface area contributed by atoms with Gasteiger partial charge in [0.1, 0.15) is 0 Å². The Hall–Kier alpha value is -0.390. The van der Waals surface area contributed by atoms with Crippen molar-refractivity contribution in [3.05, 3.63) is 20.3 Å². The summed E-state index contributed by atoms with van der Waals surface area (Å²) in [7, 11) is 0. The Balaban J connectivity index is 2.60. The summed E-state index contributed by atoms with van der Waals surface area (Å²) in [5, 5.41) is 8.91. The number of thiophene rings is 1. The van der Waals surface area contributed by atoms with E-state index >= 15 is 0 Å². The van der Waals surface area contributed by atoms with E-state index in [1.165, 1.54) is 9.75 Å². The maximum absolute atomic E-state index is 10.8. The molecule has 1 aromatic heterocycles. The molecule has 0 aliphatic heterocycles. The van der Waals surface area contributed by atoms with Crippen LogP contribution in [0.1, 0.15) is 23.6 Å². The highest BCUT2D eigenvalue weighted by Crippen LogP contribution is 2.27. The van der Waals surface area contributed by atoms with Crippen molar-refractivity contribution in [3.8, 4) is 0 Å². The van der Waals surface area contributed by atoms with Crippen molar-refractivity contribution in [2.45, 2.75) is 27.3 Å². The van der Waals surface area contributed by atoms with Crippen molar-refractivity contribution in [2.75, 3.05) is 13.1 Å². The van der Waals surface area contributed by atoms with Crippen LogP contribution in [0.15, 0.2) is 10.5 Å². The Morgan fingerprint density at radius 1 is 1.65 bits per heavy atom. The van der Waals surface area contributed by atoms with Gasteiger partial charge in [-0.25, -0.2) is 0 Å². The lowest BCUT2D eigenvalue weighted by molar-refractivity contribution is -0.141. The summed E-state index contributed by atoms with van der Waals surface area (Å²) in [4.78, 5) is 15.5. The number of hydrogen-bond donors (Lipinski definition) is 1. The second-order valence-electron chi connectivity index (χ2n) is 4.18. The van der Waals surface area contributed by atoms with Crippen LogP contribution in [-0.2, 0) is 11.3 Å². The summed E-state index contributed by atoms with van der Waals surface area (Å²) in [5.41, 5.74) is 0. The van der Waals surface area contributed by atoms with Gasteiger partial charge in [0.05, 0.1) is 5.92 Å². The van der Waals surface area contributed by atoms with E-state index in [1.54, 1.807) is 18.3 Å². The van der Waals surface area contributed by atoms with E-state index in [2.05, 4.69) is 40.7 Å². The fourth-order valence-electron chi connectivity index (χ4n) is 1.59. The molecule has 1 aromatic rings. The minimum Gasteiger partial charge on any atom is -0.481 e. The number of rotatable bonds is 6. The molecule has 0 amide bonds. The van der Waals surface area contributed by atoms with Crippen LogP contribution in [0, 0.1) is 12.8 Å². The number of hydrogen-bond acceptors (Lipinski definition) is 3. The molecular formula is C12H18BrNO2S. The van der Waals surface area contributed by atoms with E-state index < -0.39 is 5.97 Å². The first-order valence-corrected chi connectivity index (χ1v) is 7.25. The van der Waals surface area contributed by atoms with Crippen LogP contribution < -0.4 is 0 Å². The first kappa shape index (κ1) is 14.7. The van der Waals surface area contributed by atoms with Gasteiger partial charge in [-0.15, -0.1) is 11.3 Å². The second-order valence-corrected chi connectivity index (χ2v) is 6.38. The zero-order valence-corrected chi connectivity index (χ0v) is 12.8. The maximum Gasteiger partial charge on any atom is 0.307 e. The average Bonchev–Trinajstić information content (AvgIpc) is 2.56. The topological polar surface area (TPSA) is 40.5 Å². The lowest BCUT2D eigenvalue weighted by Gasteiger charge is -2.21. The monoisotopic (exact) mass is 319 g/mol. The molecule has 0 fully saturated rings. The van der Waals surface area contributed by atoms with E-state index in [9.17, 15) is 4.79 Å². The number of halogens is 1. The Morgan fingerprint density at radius 3 is 2.71 bits per heavy atom. The van der Waals surface area contributed by atoms with Gasteiger partial charge in [0, 0.05) is 27.3 Å². The molecule has 1 atom stereocenters. The highest BCUT2D eigenvalue weighted by atomic mass is 79.9. The first-order valence-electron chi connectivity index (χ1n) is 5.64. The lowest BCUT2D eigenvalue weighted by Crippen LogP contribution is -2.31. The minimum absolute atomic E-state index is 0.320. The quantitative estimate of drug-likeness (QED) is 0.874. The summed E-state index contributed by atoms with van der Waals surface area (Å²) in [6.07, 6.45) is 0. The molecule has 5 heteroatoms. The summed E-state index contributed by atoms with van der Waals surface area (Å²) in [6.45, 7) is 8.18. The lowest BCUT2D eigenvalue weighted by atomic mass is 10.1. The van der Waals surface area contributed by atoms with E-state index in [0.717, 1.165) is 17.6 Å². The number of aryl methyl sites for hydroxylation is 1. The SMILES string of the molecule is CCN(Cc1cc(Br)c(C)s1)CC(C)C(=O)O. The fourth-order valence-corrected chi connectivity index (χ4v) is 3.23. The summed E-state index contributed by atoms with van der Waals surface area (Å²) in [6, 6.07) is 2.12. The molecule has 1 heterocycles. The third kappa shape index (κ3) is 4.41. The third-order valence-electron chi connectivity index (χ3n) is 2.69. The van der Waals surface area contributed by atoms with Gasteiger partial charge in [-0.3, -0.25) is 9.69 Å². The molecule has 0 radical (unpaired) electrons. The number of aliphatic carboxylic acids is 1. The Morgan fingerprint density at radius 2 is 2.29 bits per heavy atom. The standard InChI is InChI=1S/C12H18BrNO2S/c1-4-14(6-8(2)12(15)16)7-10-5-11(13)9(3)17-10/h5,8H,4,6-7H2,1-3H3,(H,15,16). The fraction of sp³-hybridized carbons (Fsp3) is 0.583. The van der Waals surface area contributed by atoms with Gasteiger partial charge in [0.25, 0.3) is 0 Å². The smallest absolute Gasteiger partial charge is 0.307 e. The minimum atomic E-state index is -0.730. The van der Waals surface area contributed by atoms with Crippen molar-refractivity contribution in [1.82, 2.24) is 4.90 Å². The van der Waals surface area contributed by atoms with Crippen molar-refractivity contribution in [2.24, 2.45) is 5.92 Å². The van der Waals surface area contributed by atoms with Crippen LogP contribution in [0.4, 0.5) is 0 Å². The van der Waals surface area contributed by atoms with Crippen molar-refractivity contribution < 1.29 is 9.90 Å². The van der Waals surface area contributed by atoms with Crippen LogP contribution in [0.2, 0.25) is 0 Å². The van der Waals surface area contributed by atoms with Crippen LogP contribution in [-0.4, -0.2) is 29.1 Å². The summed E-state index contributed by atoms with van der Waals surface area (Å²) < 4.78 is 1.14. The average molecular weight is 320 g/mol. The molecule has 0 spiro atoms. The molecule has 17 heavy (non-hydrogen) atoms. The largest absolute Gasteiger partial charge is 0.481 e. The molecule has 0 aromatic carbocycles. The van der Waals surface area contributed by atoms with E-state index in [1.807, 2.05) is 0 Å². The van der Waals surface area contributed by atoms with E-state index in [-0.39, 0.29) is 5.92 Å². The number of nitrogens with zero attached hydrogens (tertiary/aromatic N) is 1.